The molecule has 2 nitrogen and oxygen atoms in total. The summed E-state index contributed by atoms with van der Waals surface area (Å²) < 4.78 is 5.54. The fourth-order valence-electron chi connectivity index (χ4n) is 2.98. The topological polar surface area (TPSA) is 26.3 Å². The Morgan fingerprint density at radius 3 is 2.44 bits per heavy atom. The van der Waals surface area contributed by atoms with E-state index in [2.05, 4.69) is 0 Å². The van der Waals surface area contributed by atoms with Crippen molar-refractivity contribution in [3.05, 3.63) is 42.0 Å². The van der Waals surface area contributed by atoms with Crippen LogP contribution in [-0.2, 0) is 9.53 Å². The highest BCUT2D eigenvalue weighted by molar-refractivity contribution is 6.18. The summed E-state index contributed by atoms with van der Waals surface area (Å²) in [6.07, 6.45) is 8.29. The van der Waals surface area contributed by atoms with Crippen molar-refractivity contribution in [3.63, 3.8) is 0 Å². The predicted molar refractivity (Wildman–Crippen MR) is 70.9 cm³/mol. The number of hydrogen-bond acceptors (Lipinski definition) is 2. The summed E-state index contributed by atoms with van der Waals surface area (Å²) in [5.74, 6) is 0.376. The average Bonchev–Trinajstić information content (AvgIpc) is 2.83. The van der Waals surface area contributed by atoms with E-state index in [1.807, 2.05) is 36.4 Å². The number of esters is 1. The molecule has 1 aromatic carbocycles. The summed E-state index contributed by atoms with van der Waals surface area (Å²) >= 11 is 0. The molecular weight excluding hydrogens is 224 g/mol. The quantitative estimate of drug-likeness (QED) is 0.741. The van der Waals surface area contributed by atoms with Crippen LogP contribution in [0.3, 0.4) is 0 Å². The third kappa shape index (κ3) is 2.20. The third-order valence-electron chi connectivity index (χ3n) is 3.99. The molecule has 0 spiro atoms. The molecule has 1 aliphatic heterocycles. The molecule has 1 saturated carbocycles. The van der Waals surface area contributed by atoms with Crippen LogP contribution >= 0.6 is 0 Å². The van der Waals surface area contributed by atoms with Crippen molar-refractivity contribution in [1.29, 1.82) is 0 Å². The zero-order valence-electron chi connectivity index (χ0n) is 10.5. The Kier molecular flexibility index (Phi) is 3.18. The molecule has 3 rings (SSSR count). The van der Waals surface area contributed by atoms with Gasteiger partial charge in [-0.15, -0.1) is 0 Å². The molecule has 1 aliphatic carbocycles. The van der Waals surface area contributed by atoms with E-state index in [1.54, 1.807) is 0 Å². The first-order valence-corrected chi connectivity index (χ1v) is 6.83. The average molecular weight is 242 g/mol. The van der Waals surface area contributed by atoms with Gasteiger partial charge in [0, 0.05) is 0 Å². The molecule has 0 bridgehead atoms. The van der Waals surface area contributed by atoms with Gasteiger partial charge in [-0.05, 0) is 30.4 Å². The summed E-state index contributed by atoms with van der Waals surface area (Å²) in [5.41, 5.74) is 1.71. The zero-order valence-corrected chi connectivity index (χ0v) is 10.5. The molecule has 18 heavy (non-hydrogen) atoms. The van der Waals surface area contributed by atoms with Crippen LogP contribution in [0.1, 0.15) is 37.7 Å². The van der Waals surface area contributed by atoms with Crippen molar-refractivity contribution in [1.82, 2.24) is 0 Å². The SMILES string of the molecule is O=C1OC(C2CCCCC2)C=C1c1ccccc1. The van der Waals surface area contributed by atoms with E-state index in [0.717, 1.165) is 11.1 Å². The predicted octanol–water partition coefficient (Wildman–Crippen LogP) is 3.58. The molecule has 94 valence electrons. The van der Waals surface area contributed by atoms with Crippen molar-refractivity contribution in [2.75, 3.05) is 0 Å². The monoisotopic (exact) mass is 242 g/mol. The van der Waals surface area contributed by atoms with E-state index >= 15 is 0 Å². The number of carbonyl (C=O) groups is 1. The second-order valence-electron chi connectivity index (χ2n) is 5.21. The summed E-state index contributed by atoms with van der Waals surface area (Å²) in [5, 5.41) is 0. The lowest BCUT2D eigenvalue weighted by Gasteiger charge is -2.25. The summed E-state index contributed by atoms with van der Waals surface area (Å²) in [4.78, 5) is 11.9. The standard InChI is InChI=1S/C16H18O2/c17-16-14(12-7-3-1-4-8-12)11-15(18-16)13-9-5-2-6-10-13/h1,3-4,7-8,11,13,15H,2,5-6,9-10H2. The molecule has 0 aromatic heterocycles. The minimum Gasteiger partial charge on any atom is -0.454 e. The van der Waals surface area contributed by atoms with E-state index in [9.17, 15) is 4.79 Å². The van der Waals surface area contributed by atoms with E-state index in [1.165, 1.54) is 32.1 Å². The van der Waals surface area contributed by atoms with Crippen LogP contribution in [0.5, 0.6) is 0 Å². The Hall–Kier alpha value is -1.57. The Bertz CT molecular complexity index is 455. The van der Waals surface area contributed by atoms with Gasteiger partial charge < -0.3 is 4.74 Å². The maximum atomic E-state index is 11.9. The van der Waals surface area contributed by atoms with Crippen molar-refractivity contribution in [3.8, 4) is 0 Å². The van der Waals surface area contributed by atoms with Crippen molar-refractivity contribution < 1.29 is 9.53 Å². The molecule has 1 heterocycles. The maximum absolute atomic E-state index is 11.9. The van der Waals surface area contributed by atoms with Crippen LogP contribution in [0, 0.1) is 5.92 Å². The normalized spacial score (nSPS) is 24.8. The van der Waals surface area contributed by atoms with Crippen molar-refractivity contribution in [2.45, 2.75) is 38.2 Å². The number of ether oxygens (including phenoxy) is 1. The lowest BCUT2D eigenvalue weighted by Crippen LogP contribution is -2.22. The third-order valence-corrected chi connectivity index (χ3v) is 3.99. The molecule has 2 aliphatic rings. The molecule has 0 radical (unpaired) electrons. The first-order chi connectivity index (χ1) is 8.84. The highest BCUT2D eigenvalue weighted by Crippen LogP contribution is 2.34. The van der Waals surface area contributed by atoms with Crippen LogP contribution in [0.25, 0.3) is 5.57 Å². The summed E-state index contributed by atoms with van der Waals surface area (Å²) in [6, 6.07) is 9.81. The second kappa shape index (κ2) is 4.97. The summed E-state index contributed by atoms with van der Waals surface area (Å²) in [6.45, 7) is 0. The number of hydrogen-bond donors (Lipinski definition) is 0. The molecule has 1 atom stereocenters. The van der Waals surface area contributed by atoms with Crippen LogP contribution in [-0.4, -0.2) is 12.1 Å². The smallest absolute Gasteiger partial charge is 0.339 e. The molecule has 2 heteroatoms. The molecule has 1 aromatic rings. The first kappa shape index (κ1) is 11.5. The maximum Gasteiger partial charge on any atom is 0.339 e. The van der Waals surface area contributed by atoms with Gasteiger partial charge in [0.05, 0.1) is 5.57 Å². The van der Waals surface area contributed by atoms with Crippen molar-refractivity contribution in [2.24, 2.45) is 5.92 Å². The Labute approximate surface area is 108 Å². The molecule has 1 fully saturated rings. The molecule has 1 unspecified atom stereocenters. The fraction of sp³-hybridized carbons (Fsp3) is 0.438. The number of rotatable bonds is 2. The zero-order chi connectivity index (χ0) is 12.4. The molecule has 0 saturated heterocycles. The minimum atomic E-state index is -0.156. The lowest BCUT2D eigenvalue weighted by molar-refractivity contribution is -0.140. The molecular formula is C16H18O2. The number of carbonyl (C=O) groups excluding carboxylic acids is 1. The van der Waals surface area contributed by atoms with Gasteiger partial charge in [-0.2, -0.15) is 0 Å². The van der Waals surface area contributed by atoms with Gasteiger partial charge in [-0.3, -0.25) is 0 Å². The van der Waals surface area contributed by atoms with Gasteiger partial charge in [-0.1, -0.05) is 49.6 Å². The Balaban J connectivity index is 1.80. The van der Waals surface area contributed by atoms with Crippen molar-refractivity contribution >= 4 is 11.5 Å². The first-order valence-electron chi connectivity index (χ1n) is 6.83. The highest BCUT2D eigenvalue weighted by Gasteiger charge is 2.32. The lowest BCUT2D eigenvalue weighted by atomic mass is 9.85. The number of cyclic esters (lactones) is 1. The van der Waals surface area contributed by atoms with Gasteiger partial charge >= 0.3 is 5.97 Å². The van der Waals surface area contributed by atoms with E-state index in [4.69, 9.17) is 4.74 Å². The molecule has 0 amide bonds. The van der Waals surface area contributed by atoms with E-state index < -0.39 is 0 Å². The summed E-state index contributed by atoms with van der Waals surface area (Å²) in [7, 11) is 0. The molecule has 0 N–H and O–H groups in total. The highest BCUT2D eigenvalue weighted by atomic mass is 16.5. The largest absolute Gasteiger partial charge is 0.454 e. The van der Waals surface area contributed by atoms with E-state index in [-0.39, 0.29) is 12.1 Å². The van der Waals surface area contributed by atoms with Crippen LogP contribution in [0.4, 0.5) is 0 Å². The van der Waals surface area contributed by atoms with Crippen LogP contribution < -0.4 is 0 Å². The Morgan fingerprint density at radius 1 is 1.00 bits per heavy atom. The number of benzene rings is 1. The van der Waals surface area contributed by atoms with Gasteiger partial charge in [0.2, 0.25) is 0 Å². The minimum absolute atomic E-state index is 0.00741. The fourth-order valence-corrected chi connectivity index (χ4v) is 2.98. The second-order valence-corrected chi connectivity index (χ2v) is 5.21. The van der Waals surface area contributed by atoms with Gasteiger partial charge in [-0.25, -0.2) is 4.79 Å². The van der Waals surface area contributed by atoms with Crippen LogP contribution in [0.15, 0.2) is 36.4 Å². The van der Waals surface area contributed by atoms with Crippen LogP contribution in [0.2, 0.25) is 0 Å². The van der Waals surface area contributed by atoms with Gasteiger partial charge in [0.25, 0.3) is 0 Å². The van der Waals surface area contributed by atoms with Gasteiger partial charge in [0.1, 0.15) is 6.10 Å². The van der Waals surface area contributed by atoms with E-state index in [0.29, 0.717) is 5.92 Å². The Morgan fingerprint density at radius 2 is 1.72 bits per heavy atom. The van der Waals surface area contributed by atoms with Gasteiger partial charge in [0.15, 0.2) is 0 Å².